The normalized spacial score (nSPS) is 11.5. The molecule has 0 bridgehead atoms. The van der Waals surface area contributed by atoms with Crippen LogP contribution in [0.1, 0.15) is 31.9 Å². The van der Waals surface area contributed by atoms with E-state index in [9.17, 15) is 0 Å². The summed E-state index contributed by atoms with van der Waals surface area (Å²) < 4.78 is 3.81. The molecule has 0 aliphatic rings. The van der Waals surface area contributed by atoms with Crippen LogP contribution >= 0.6 is 0 Å². The summed E-state index contributed by atoms with van der Waals surface area (Å²) in [6, 6.07) is 10.2. The minimum atomic E-state index is 0.509. The fourth-order valence-electron chi connectivity index (χ4n) is 3.20. The van der Waals surface area contributed by atoms with Gasteiger partial charge >= 0.3 is 0 Å². The van der Waals surface area contributed by atoms with Crippen LogP contribution in [0, 0.1) is 5.92 Å². The highest BCUT2D eigenvalue weighted by Gasteiger charge is 2.15. The van der Waals surface area contributed by atoms with Crippen molar-refractivity contribution in [2.75, 3.05) is 0 Å². The zero-order valence-electron chi connectivity index (χ0n) is 15.7. The van der Waals surface area contributed by atoms with Crippen LogP contribution in [0.25, 0.3) is 16.6 Å². The van der Waals surface area contributed by atoms with Gasteiger partial charge in [0.05, 0.1) is 11.2 Å². The molecule has 0 unspecified atom stereocenters. The molecule has 0 saturated heterocycles. The molecule has 0 spiro atoms. The van der Waals surface area contributed by atoms with Gasteiger partial charge in [-0.05, 0) is 24.5 Å². The lowest BCUT2D eigenvalue weighted by molar-refractivity contribution is 0.565. The van der Waals surface area contributed by atoms with Gasteiger partial charge in [0, 0.05) is 31.0 Å². The monoisotopic (exact) mass is 361 g/mol. The Kier molecular flexibility index (Phi) is 4.91. The van der Waals surface area contributed by atoms with E-state index in [4.69, 9.17) is 10.1 Å². The van der Waals surface area contributed by atoms with Gasteiger partial charge < -0.3 is 0 Å². The largest absolute Gasteiger partial charge is 0.254 e. The van der Waals surface area contributed by atoms with E-state index in [0.29, 0.717) is 5.92 Å². The van der Waals surface area contributed by atoms with Crippen molar-refractivity contribution in [3.8, 4) is 5.69 Å². The Hall–Kier alpha value is -3.09. The van der Waals surface area contributed by atoms with Gasteiger partial charge in [-0.25, -0.2) is 14.6 Å². The first-order valence-electron chi connectivity index (χ1n) is 9.32. The van der Waals surface area contributed by atoms with E-state index in [1.165, 1.54) is 0 Å². The molecule has 4 rings (SSSR count). The van der Waals surface area contributed by atoms with E-state index in [0.717, 1.165) is 54.0 Å². The topological polar surface area (TPSA) is 74.3 Å². The van der Waals surface area contributed by atoms with Gasteiger partial charge in [-0.3, -0.25) is 9.67 Å². The zero-order chi connectivity index (χ0) is 18.6. The van der Waals surface area contributed by atoms with Gasteiger partial charge in [0.1, 0.15) is 18.5 Å². The second-order valence-corrected chi connectivity index (χ2v) is 7.07. The molecule has 0 saturated carbocycles. The predicted molar refractivity (Wildman–Crippen MR) is 104 cm³/mol. The lowest BCUT2D eigenvalue weighted by atomic mass is 10.1. The highest BCUT2D eigenvalue weighted by atomic mass is 15.4. The van der Waals surface area contributed by atoms with E-state index in [1.807, 2.05) is 27.7 Å². The second-order valence-electron chi connectivity index (χ2n) is 7.07. The van der Waals surface area contributed by atoms with Crippen LogP contribution in [-0.2, 0) is 19.4 Å². The van der Waals surface area contributed by atoms with Crippen LogP contribution in [0.2, 0.25) is 0 Å². The maximum atomic E-state index is 4.83. The standard InChI is InChI=1S/C20H23N7/c1-15(2)12-18-24-19(9-5-11-26-14-21-13-23-26)27(25-18)17-8-3-6-16-7-4-10-22-20(16)17/h3-4,6-8,10,13-15H,5,9,11-12H2,1-2H3. The molecule has 0 fully saturated rings. The molecule has 3 heterocycles. The van der Waals surface area contributed by atoms with Crippen LogP contribution < -0.4 is 0 Å². The molecule has 138 valence electrons. The number of hydrogen-bond acceptors (Lipinski definition) is 5. The summed E-state index contributed by atoms with van der Waals surface area (Å²) in [7, 11) is 0. The lowest BCUT2D eigenvalue weighted by Crippen LogP contribution is -2.07. The summed E-state index contributed by atoms with van der Waals surface area (Å²) in [5.41, 5.74) is 1.92. The number of rotatable bonds is 7. The van der Waals surface area contributed by atoms with E-state index >= 15 is 0 Å². The molecule has 7 heteroatoms. The first kappa shape index (κ1) is 17.3. The molecule has 7 nitrogen and oxygen atoms in total. The fraction of sp³-hybridized carbons (Fsp3) is 0.350. The molecular formula is C20H23N7. The molecule has 0 N–H and O–H groups in total. The highest BCUT2D eigenvalue weighted by Crippen LogP contribution is 2.21. The number of hydrogen-bond donors (Lipinski definition) is 0. The van der Waals surface area contributed by atoms with Gasteiger partial charge in [-0.1, -0.05) is 32.0 Å². The van der Waals surface area contributed by atoms with Crippen molar-refractivity contribution in [1.29, 1.82) is 0 Å². The van der Waals surface area contributed by atoms with Gasteiger partial charge in [-0.15, -0.1) is 0 Å². The maximum absolute atomic E-state index is 4.83. The third-order valence-corrected chi connectivity index (χ3v) is 4.40. The molecule has 0 radical (unpaired) electrons. The summed E-state index contributed by atoms with van der Waals surface area (Å²) in [6.07, 6.45) is 7.72. The Morgan fingerprint density at radius 1 is 1.11 bits per heavy atom. The van der Waals surface area contributed by atoms with E-state index in [2.05, 4.69) is 47.1 Å². The summed E-state index contributed by atoms with van der Waals surface area (Å²) in [4.78, 5) is 13.4. The summed E-state index contributed by atoms with van der Waals surface area (Å²) in [5.74, 6) is 2.35. The zero-order valence-corrected chi connectivity index (χ0v) is 15.7. The van der Waals surface area contributed by atoms with Crippen LogP contribution in [0.4, 0.5) is 0 Å². The van der Waals surface area contributed by atoms with Crippen molar-refractivity contribution in [1.82, 2.24) is 34.5 Å². The minimum absolute atomic E-state index is 0.509. The van der Waals surface area contributed by atoms with Gasteiger partial charge in [0.15, 0.2) is 5.82 Å². The minimum Gasteiger partial charge on any atom is -0.254 e. The number of benzene rings is 1. The maximum Gasteiger partial charge on any atom is 0.151 e. The van der Waals surface area contributed by atoms with E-state index < -0.39 is 0 Å². The Labute approximate surface area is 158 Å². The van der Waals surface area contributed by atoms with Gasteiger partial charge in [0.2, 0.25) is 0 Å². The summed E-state index contributed by atoms with van der Waals surface area (Å²) in [6.45, 7) is 5.18. The molecule has 27 heavy (non-hydrogen) atoms. The lowest BCUT2D eigenvalue weighted by Gasteiger charge is -2.08. The third-order valence-electron chi connectivity index (χ3n) is 4.40. The first-order valence-corrected chi connectivity index (χ1v) is 9.32. The Balaban J connectivity index is 1.68. The van der Waals surface area contributed by atoms with E-state index in [-0.39, 0.29) is 0 Å². The number of nitrogens with zero attached hydrogens (tertiary/aromatic N) is 7. The molecule has 0 aliphatic heterocycles. The number of aromatic nitrogens is 7. The first-order chi connectivity index (χ1) is 13.2. The number of fused-ring (bicyclic) bond motifs is 1. The summed E-state index contributed by atoms with van der Waals surface area (Å²) >= 11 is 0. The van der Waals surface area contributed by atoms with E-state index in [1.54, 1.807) is 12.7 Å². The molecular weight excluding hydrogens is 338 g/mol. The van der Waals surface area contributed by atoms with Crippen molar-refractivity contribution < 1.29 is 0 Å². The Morgan fingerprint density at radius 2 is 2.00 bits per heavy atom. The van der Waals surface area contributed by atoms with Crippen LogP contribution in [-0.4, -0.2) is 34.5 Å². The quantitative estimate of drug-likeness (QED) is 0.505. The number of pyridine rings is 1. The molecule has 0 amide bonds. The summed E-state index contributed by atoms with van der Waals surface area (Å²) in [5, 5.41) is 10.1. The van der Waals surface area contributed by atoms with Gasteiger partial charge in [0.25, 0.3) is 0 Å². The second kappa shape index (κ2) is 7.65. The number of aryl methyl sites for hydroxylation is 2. The SMILES string of the molecule is CC(C)Cc1nc(CCCn2cncn2)n(-c2cccc3cccnc23)n1. The molecule has 1 aromatic carbocycles. The van der Waals surface area contributed by atoms with Crippen molar-refractivity contribution in [2.45, 2.75) is 39.7 Å². The number of para-hydroxylation sites is 1. The van der Waals surface area contributed by atoms with Crippen LogP contribution in [0.15, 0.2) is 49.2 Å². The van der Waals surface area contributed by atoms with Crippen molar-refractivity contribution in [2.24, 2.45) is 5.92 Å². The van der Waals surface area contributed by atoms with Crippen LogP contribution in [0.3, 0.4) is 0 Å². The highest BCUT2D eigenvalue weighted by molar-refractivity contribution is 5.86. The average molecular weight is 361 g/mol. The Bertz CT molecular complexity index is 1010. The van der Waals surface area contributed by atoms with Gasteiger partial charge in [-0.2, -0.15) is 10.2 Å². The smallest absolute Gasteiger partial charge is 0.151 e. The van der Waals surface area contributed by atoms with Crippen LogP contribution in [0.5, 0.6) is 0 Å². The molecule has 0 atom stereocenters. The van der Waals surface area contributed by atoms with Crippen molar-refractivity contribution >= 4 is 10.9 Å². The molecule has 0 aliphatic carbocycles. The Morgan fingerprint density at radius 3 is 2.81 bits per heavy atom. The molecule has 4 aromatic rings. The average Bonchev–Trinajstić information content (AvgIpc) is 3.31. The van der Waals surface area contributed by atoms with Crippen molar-refractivity contribution in [3.05, 3.63) is 60.8 Å². The van der Waals surface area contributed by atoms with Crippen molar-refractivity contribution in [3.63, 3.8) is 0 Å². The molecule has 3 aromatic heterocycles. The third kappa shape index (κ3) is 3.86. The fourth-order valence-corrected chi connectivity index (χ4v) is 3.20. The predicted octanol–water partition coefficient (Wildman–Crippen LogP) is 3.24.